The zero-order valence-electron chi connectivity index (χ0n) is 16.6. The first-order chi connectivity index (χ1) is 15.5. The largest absolute Gasteiger partial charge is 0.415 e. The summed E-state index contributed by atoms with van der Waals surface area (Å²) < 4.78 is 5.82. The van der Waals surface area contributed by atoms with Crippen LogP contribution in [-0.4, -0.2) is 57.6 Å². The molecule has 166 valence electrons. The van der Waals surface area contributed by atoms with E-state index in [9.17, 15) is 9.59 Å². The van der Waals surface area contributed by atoms with Crippen molar-refractivity contribution in [3.05, 3.63) is 56.8 Å². The van der Waals surface area contributed by atoms with E-state index in [-0.39, 0.29) is 29.2 Å². The van der Waals surface area contributed by atoms with Crippen LogP contribution >= 0.6 is 44.8 Å². The molecule has 1 aromatic heterocycles. The van der Waals surface area contributed by atoms with Crippen molar-refractivity contribution in [1.82, 2.24) is 20.2 Å². The van der Waals surface area contributed by atoms with Gasteiger partial charge in [0.05, 0.1) is 22.5 Å². The van der Waals surface area contributed by atoms with Gasteiger partial charge in [-0.15, -0.1) is 0 Å². The Morgan fingerprint density at radius 3 is 2.78 bits per heavy atom. The molecule has 2 atom stereocenters. The highest BCUT2D eigenvalue weighted by Gasteiger charge is 2.37. The van der Waals surface area contributed by atoms with E-state index in [0.717, 1.165) is 18.1 Å². The van der Waals surface area contributed by atoms with Crippen molar-refractivity contribution in [3.8, 4) is 17.1 Å². The summed E-state index contributed by atoms with van der Waals surface area (Å²) in [6.07, 6.45) is -0.424. The Balaban J connectivity index is 1.49. The molecule has 0 radical (unpaired) electrons. The van der Waals surface area contributed by atoms with Gasteiger partial charge in [-0.05, 0) is 36.4 Å². The fourth-order valence-electron chi connectivity index (χ4n) is 3.90. The van der Waals surface area contributed by atoms with Crippen molar-refractivity contribution in [2.45, 2.75) is 12.1 Å². The second kappa shape index (κ2) is 9.15. The molecule has 32 heavy (non-hydrogen) atoms. The van der Waals surface area contributed by atoms with Crippen LogP contribution in [-0.2, 0) is 0 Å². The lowest BCUT2D eigenvalue weighted by atomic mass is 10.1. The van der Waals surface area contributed by atoms with Crippen LogP contribution < -0.4 is 15.6 Å². The third kappa shape index (κ3) is 4.32. The van der Waals surface area contributed by atoms with E-state index in [0.29, 0.717) is 33.1 Å². The van der Waals surface area contributed by atoms with Crippen molar-refractivity contribution >= 4 is 61.8 Å². The SMILES string of the molecule is O=C(Oc1ccc(Cl)cc1-c1nc2ccc(Cl)cc2c(=O)[nH]1)N1CCNC2CSSCC21. The lowest BCUT2D eigenvalue weighted by Gasteiger charge is -2.43. The molecule has 2 fully saturated rings. The number of hydrogen-bond acceptors (Lipinski definition) is 7. The molecule has 2 unspecified atom stereocenters. The van der Waals surface area contributed by atoms with Crippen LogP contribution in [0.25, 0.3) is 22.3 Å². The molecule has 11 heteroatoms. The number of piperazine rings is 1. The minimum Gasteiger partial charge on any atom is -0.409 e. The number of aromatic amines is 1. The minimum atomic E-state index is -0.424. The molecular weight excluding hydrogens is 491 g/mol. The summed E-state index contributed by atoms with van der Waals surface area (Å²) in [4.78, 5) is 34.8. The molecule has 5 rings (SSSR count). The zero-order chi connectivity index (χ0) is 22.2. The van der Waals surface area contributed by atoms with Crippen LogP contribution in [0, 0.1) is 0 Å². The lowest BCUT2D eigenvalue weighted by molar-refractivity contribution is 0.111. The minimum absolute atomic E-state index is 0.0709. The fraction of sp³-hybridized carbons (Fsp3) is 0.286. The van der Waals surface area contributed by atoms with E-state index in [4.69, 9.17) is 27.9 Å². The van der Waals surface area contributed by atoms with E-state index < -0.39 is 6.09 Å². The molecule has 0 bridgehead atoms. The summed E-state index contributed by atoms with van der Waals surface area (Å²) in [5.74, 6) is 2.33. The van der Waals surface area contributed by atoms with E-state index in [1.54, 1.807) is 52.1 Å². The average Bonchev–Trinajstić information content (AvgIpc) is 2.80. The number of nitrogens with zero attached hydrogens (tertiary/aromatic N) is 2. The fourth-order valence-corrected chi connectivity index (χ4v) is 6.91. The number of nitrogens with one attached hydrogen (secondary N) is 2. The Labute approximate surface area is 201 Å². The maximum Gasteiger partial charge on any atom is 0.415 e. The Hall–Kier alpha value is -1.91. The number of hydrogen-bond donors (Lipinski definition) is 2. The number of ether oxygens (including phenoxy) is 1. The quantitative estimate of drug-likeness (QED) is 0.494. The first-order valence-corrected chi connectivity index (χ1v) is 13.2. The maximum atomic E-state index is 13.1. The van der Waals surface area contributed by atoms with Crippen LogP contribution in [0.1, 0.15) is 0 Å². The van der Waals surface area contributed by atoms with E-state index in [1.165, 1.54) is 0 Å². The van der Waals surface area contributed by atoms with E-state index >= 15 is 0 Å². The summed E-state index contributed by atoms with van der Waals surface area (Å²) in [7, 11) is 3.58. The van der Waals surface area contributed by atoms with Gasteiger partial charge in [-0.25, -0.2) is 9.78 Å². The zero-order valence-corrected chi connectivity index (χ0v) is 19.8. The van der Waals surface area contributed by atoms with Gasteiger partial charge >= 0.3 is 6.09 Å². The first-order valence-electron chi connectivity index (χ1n) is 9.95. The average molecular weight is 509 g/mol. The number of aromatic nitrogens is 2. The van der Waals surface area contributed by atoms with Crippen molar-refractivity contribution in [3.63, 3.8) is 0 Å². The van der Waals surface area contributed by atoms with Gasteiger partial charge in [0.25, 0.3) is 5.56 Å². The predicted octanol–water partition coefficient (Wildman–Crippen LogP) is 4.43. The van der Waals surface area contributed by atoms with Gasteiger partial charge in [0.1, 0.15) is 11.6 Å². The van der Waals surface area contributed by atoms with Crippen LogP contribution in [0.3, 0.4) is 0 Å². The topological polar surface area (TPSA) is 87.3 Å². The Kier molecular flexibility index (Phi) is 6.26. The summed E-state index contributed by atoms with van der Waals surface area (Å²) in [6.45, 7) is 1.29. The second-order valence-corrected chi connectivity index (χ2v) is 10.9. The summed E-state index contributed by atoms with van der Waals surface area (Å²) >= 11 is 12.2. The number of halogens is 2. The van der Waals surface area contributed by atoms with Gasteiger partial charge in [0, 0.05) is 40.7 Å². The van der Waals surface area contributed by atoms with Gasteiger partial charge in [-0.3, -0.25) is 4.79 Å². The molecule has 7 nitrogen and oxygen atoms in total. The summed E-state index contributed by atoms with van der Waals surface area (Å²) in [5.41, 5.74) is 0.568. The van der Waals surface area contributed by atoms with Gasteiger partial charge in [0.15, 0.2) is 0 Å². The number of carbonyl (C=O) groups excluding carboxylic acids is 1. The second-order valence-electron chi connectivity index (χ2n) is 7.47. The number of H-pyrrole nitrogens is 1. The van der Waals surface area contributed by atoms with Gasteiger partial charge in [0.2, 0.25) is 0 Å². The molecule has 2 N–H and O–H groups in total. The molecule has 1 amide bonds. The first kappa shape index (κ1) is 21.9. The summed E-state index contributed by atoms with van der Waals surface area (Å²) in [6, 6.07) is 10.1. The van der Waals surface area contributed by atoms with Crippen LogP contribution in [0.4, 0.5) is 4.79 Å². The molecular formula is C21H18Cl2N4O3S2. The Bertz CT molecular complexity index is 1250. The monoisotopic (exact) mass is 508 g/mol. The van der Waals surface area contributed by atoms with Crippen LogP contribution in [0.15, 0.2) is 41.2 Å². The highest BCUT2D eigenvalue weighted by atomic mass is 35.5. The lowest BCUT2D eigenvalue weighted by Crippen LogP contribution is -2.62. The van der Waals surface area contributed by atoms with E-state index in [1.807, 2.05) is 10.8 Å². The number of carbonyl (C=O) groups is 1. The van der Waals surface area contributed by atoms with Crippen LogP contribution in [0.5, 0.6) is 5.75 Å². The van der Waals surface area contributed by atoms with Crippen molar-refractivity contribution < 1.29 is 9.53 Å². The Morgan fingerprint density at radius 1 is 1.12 bits per heavy atom. The molecule has 2 aliphatic heterocycles. The van der Waals surface area contributed by atoms with Crippen LogP contribution in [0.2, 0.25) is 10.0 Å². The number of amides is 1. The van der Waals surface area contributed by atoms with Gasteiger partial charge in [-0.2, -0.15) is 0 Å². The molecule has 3 aromatic rings. The number of fused-ring (bicyclic) bond motifs is 2. The standard InChI is InChI=1S/C21H18Cl2N4O3S2/c22-11-1-3-15-13(7-11)20(28)26-19(25-15)14-8-12(23)2-4-18(14)30-21(29)27-6-5-24-16-9-31-32-10-17(16)27/h1-4,7-8,16-17,24H,5-6,9-10H2,(H,25,26,28). The van der Waals surface area contributed by atoms with Crippen molar-refractivity contribution in [1.29, 1.82) is 0 Å². The molecule has 3 heterocycles. The third-order valence-corrected chi connectivity index (χ3v) is 8.42. The summed E-state index contributed by atoms with van der Waals surface area (Å²) in [5, 5.41) is 4.74. The Morgan fingerprint density at radius 2 is 1.91 bits per heavy atom. The molecule has 2 aromatic carbocycles. The highest BCUT2D eigenvalue weighted by Crippen LogP contribution is 2.35. The molecule has 0 aliphatic carbocycles. The van der Waals surface area contributed by atoms with Crippen molar-refractivity contribution in [2.75, 3.05) is 24.6 Å². The third-order valence-electron chi connectivity index (χ3n) is 5.49. The smallest absolute Gasteiger partial charge is 0.409 e. The van der Waals surface area contributed by atoms with E-state index in [2.05, 4.69) is 15.3 Å². The molecule has 0 spiro atoms. The number of benzene rings is 2. The van der Waals surface area contributed by atoms with Gasteiger partial charge in [-0.1, -0.05) is 44.8 Å². The molecule has 2 aliphatic rings. The normalized spacial score (nSPS) is 20.8. The highest BCUT2D eigenvalue weighted by molar-refractivity contribution is 8.76. The number of rotatable bonds is 2. The molecule has 2 saturated heterocycles. The molecule has 0 saturated carbocycles. The predicted molar refractivity (Wildman–Crippen MR) is 131 cm³/mol. The van der Waals surface area contributed by atoms with Gasteiger partial charge < -0.3 is 19.9 Å². The maximum absolute atomic E-state index is 13.1. The van der Waals surface area contributed by atoms with Crippen molar-refractivity contribution in [2.24, 2.45) is 0 Å².